The summed E-state index contributed by atoms with van der Waals surface area (Å²) >= 11 is 6.29. The summed E-state index contributed by atoms with van der Waals surface area (Å²) in [6.45, 7) is 3.64. The van der Waals surface area contributed by atoms with Crippen LogP contribution < -0.4 is 9.47 Å². The van der Waals surface area contributed by atoms with Gasteiger partial charge in [0.1, 0.15) is 24.0 Å². The minimum absolute atomic E-state index is 0.120. The van der Waals surface area contributed by atoms with Crippen LogP contribution in [0.1, 0.15) is 32.6 Å². The summed E-state index contributed by atoms with van der Waals surface area (Å²) in [6, 6.07) is 16.0. The van der Waals surface area contributed by atoms with Crippen molar-refractivity contribution in [3.8, 4) is 11.5 Å². The first-order chi connectivity index (χ1) is 15.5. The number of allylic oxidation sites excluding steroid dienone is 1. The number of hydrogen-bond acceptors (Lipinski definition) is 4. The molecule has 0 spiro atoms. The topological polar surface area (TPSA) is 38.8 Å². The number of hydrogen-bond donors (Lipinski definition) is 0. The van der Waals surface area contributed by atoms with Crippen molar-refractivity contribution in [2.45, 2.75) is 19.9 Å². The van der Waals surface area contributed by atoms with Gasteiger partial charge in [0.25, 0.3) is 0 Å². The zero-order chi connectivity index (χ0) is 22.2. The molecule has 0 bridgehead atoms. The van der Waals surface area contributed by atoms with Gasteiger partial charge in [-0.25, -0.2) is 4.39 Å². The van der Waals surface area contributed by atoms with Crippen LogP contribution in [0.5, 0.6) is 11.5 Å². The Labute approximate surface area is 190 Å². The molecule has 0 atom stereocenters. The normalized spacial score (nSPS) is 16.5. The van der Waals surface area contributed by atoms with Gasteiger partial charge in [-0.2, -0.15) is 0 Å². The first-order valence-corrected chi connectivity index (χ1v) is 10.8. The number of ether oxygens (including phenoxy) is 2. The molecule has 0 saturated carbocycles. The Morgan fingerprint density at radius 1 is 1.16 bits per heavy atom. The lowest BCUT2D eigenvalue weighted by Gasteiger charge is -2.30. The Hall–Kier alpha value is -3.15. The largest absolute Gasteiger partial charge is 0.478 e. The maximum Gasteiger partial charge on any atom is 0.232 e. The van der Waals surface area contributed by atoms with Gasteiger partial charge in [-0.15, -0.1) is 0 Å². The summed E-state index contributed by atoms with van der Waals surface area (Å²) < 4.78 is 26.1. The molecule has 6 heteroatoms. The van der Waals surface area contributed by atoms with Gasteiger partial charge in [-0.1, -0.05) is 48.0 Å². The van der Waals surface area contributed by atoms with Crippen molar-refractivity contribution in [2.75, 3.05) is 13.3 Å². The van der Waals surface area contributed by atoms with E-state index in [0.717, 1.165) is 40.4 Å². The third kappa shape index (κ3) is 3.78. The Morgan fingerprint density at radius 2 is 1.94 bits per heavy atom. The van der Waals surface area contributed by atoms with Crippen LogP contribution in [0.3, 0.4) is 0 Å². The van der Waals surface area contributed by atoms with E-state index in [0.29, 0.717) is 30.2 Å². The van der Waals surface area contributed by atoms with Gasteiger partial charge in [0.2, 0.25) is 5.78 Å². The van der Waals surface area contributed by atoms with Gasteiger partial charge in [0.05, 0.1) is 11.1 Å². The van der Waals surface area contributed by atoms with Crippen LogP contribution in [0.4, 0.5) is 4.39 Å². The molecular weight excluding hydrogens is 429 g/mol. The van der Waals surface area contributed by atoms with E-state index in [9.17, 15) is 9.18 Å². The molecule has 0 fully saturated rings. The molecule has 0 aliphatic carbocycles. The van der Waals surface area contributed by atoms with Crippen molar-refractivity contribution < 1.29 is 18.7 Å². The molecule has 2 aliphatic heterocycles. The van der Waals surface area contributed by atoms with Gasteiger partial charge in [0, 0.05) is 23.7 Å². The van der Waals surface area contributed by atoms with Crippen molar-refractivity contribution in [3.05, 3.63) is 99.0 Å². The molecule has 0 saturated heterocycles. The number of carbonyl (C=O) groups excluding carboxylic acids is 1. The van der Waals surface area contributed by atoms with Crippen LogP contribution in [-0.4, -0.2) is 24.0 Å². The Balaban J connectivity index is 1.42. The smallest absolute Gasteiger partial charge is 0.232 e. The Bertz CT molecular complexity index is 1250. The van der Waals surface area contributed by atoms with Gasteiger partial charge in [-0.3, -0.25) is 9.69 Å². The minimum atomic E-state index is -0.403. The maximum absolute atomic E-state index is 14.1. The Morgan fingerprint density at radius 3 is 2.75 bits per heavy atom. The lowest BCUT2D eigenvalue weighted by molar-refractivity contribution is 0.0949. The van der Waals surface area contributed by atoms with Crippen molar-refractivity contribution in [3.63, 3.8) is 0 Å². The third-order valence-electron chi connectivity index (χ3n) is 5.83. The van der Waals surface area contributed by atoms with E-state index in [1.165, 1.54) is 12.1 Å². The zero-order valence-electron chi connectivity index (χ0n) is 17.5. The molecule has 3 aromatic carbocycles. The lowest BCUT2D eigenvalue weighted by Crippen LogP contribution is -2.34. The highest BCUT2D eigenvalue weighted by molar-refractivity contribution is 6.31. The molecule has 4 nitrogen and oxygen atoms in total. The van der Waals surface area contributed by atoms with Crippen molar-refractivity contribution in [1.82, 2.24) is 4.90 Å². The quantitative estimate of drug-likeness (QED) is 0.472. The Kier molecular flexibility index (Phi) is 5.45. The number of fused-ring (bicyclic) bond motifs is 3. The third-order valence-corrected chi connectivity index (χ3v) is 6.20. The minimum Gasteiger partial charge on any atom is -0.478 e. The van der Waals surface area contributed by atoms with E-state index in [2.05, 4.69) is 4.90 Å². The first-order valence-electron chi connectivity index (χ1n) is 10.4. The van der Waals surface area contributed by atoms with Crippen LogP contribution >= 0.6 is 11.6 Å². The number of rotatable bonds is 4. The molecule has 2 aliphatic rings. The monoisotopic (exact) mass is 449 g/mol. The fourth-order valence-electron chi connectivity index (χ4n) is 4.13. The summed E-state index contributed by atoms with van der Waals surface area (Å²) in [5, 5.41) is 0.749. The molecule has 0 N–H and O–H groups in total. The second-order valence-corrected chi connectivity index (χ2v) is 8.41. The molecular formula is C26H21ClFNO3. The van der Waals surface area contributed by atoms with Gasteiger partial charge >= 0.3 is 0 Å². The van der Waals surface area contributed by atoms with Gasteiger partial charge < -0.3 is 9.47 Å². The molecule has 0 unspecified atom stereocenters. The molecule has 0 amide bonds. The first kappa shape index (κ1) is 20.7. The predicted octanol–water partition coefficient (Wildman–Crippen LogP) is 5.80. The highest BCUT2D eigenvalue weighted by Crippen LogP contribution is 2.44. The molecule has 2 heterocycles. The van der Waals surface area contributed by atoms with Gasteiger partial charge in [0.15, 0.2) is 5.76 Å². The number of ketones is 1. The maximum atomic E-state index is 14.1. The molecule has 5 rings (SSSR count). The number of nitrogens with zero attached hydrogens (tertiary/aromatic N) is 1. The summed E-state index contributed by atoms with van der Waals surface area (Å²) in [7, 11) is 0. The van der Waals surface area contributed by atoms with Crippen molar-refractivity contribution in [2.24, 2.45) is 0 Å². The van der Waals surface area contributed by atoms with E-state index >= 15 is 0 Å². The highest BCUT2D eigenvalue weighted by Gasteiger charge is 2.35. The summed E-state index contributed by atoms with van der Waals surface area (Å²) in [5.41, 5.74) is 3.53. The number of halogens is 2. The van der Waals surface area contributed by atoms with E-state index in [4.69, 9.17) is 21.1 Å². The van der Waals surface area contributed by atoms with E-state index in [1.54, 1.807) is 18.2 Å². The van der Waals surface area contributed by atoms with Crippen LogP contribution in [0.25, 0.3) is 6.08 Å². The number of aryl methyl sites for hydroxylation is 1. The van der Waals surface area contributed by atoms with E-state index < -0.39 is 5.82 Å². The van der Waals surface area contributed by atoms with Crippen LogP contribution in [0, 0.1) is 12.7 Å². The van der Waals surface area contributed by atoms with Gasteiger partial charge in [-0.05, 0) is 48.7 Å². The van der Waals surface area contributed by atoms with E-state index in [1.807, 2.05) is 37.3 Å². The standard InChI is InChI=1S/C26H21ClFNO3/c1-16-12-22-19(14-29(15-31-22)11-10-17-6-2-4-8-20(17)27)26-24(16)25(30)23(32-26)13-18-7-3-5-9-21(18)28/h2-9,12-13H,10-11,14-15H2,1H3/b23-13-. The van der Waals surface area contributed by atoms with Crippen molar-refractivity contribution in [1.29, 1.82) is 0 Å². The average molecular weight is 450 g/mol. The summed E-state index contributed by atoms with van der Waals surface area (Å²) in [6.07, 6.45) is 2.24. The van der Waals surface area contributed by atoms with Crippen LogP contribution in [0.15, 0.2) is 60.4 Å². The molecule has 0 aromatic heterocycles. The second-order valence-electron chi connectivity index (χ2n) is 8.00. The molecule has 3 aromatic rings. The fourth-order valence-corrected chi connectivity index (χ4v) is 4.36. The highest BCUT2D eigenvalue weighted by atomic mass is 35.5. The summed E-state index contributed by atoms with van der Waals surface area (Å²) in [4.78, 5) is 15.2. The predicted molar refractivity (Wildman–Crippen MR) is 122 cm³/mol. The SMILES string of the molecule is Cc1cc2c(c3c1C(=O)/C(=C/c1ccccc1F)O3)CN(CCc1ccccc1Cl)CO2. The van der Waals surface area contributed by atoms with Crippen LogP contribution in [0.2, 0.25) is 5.02 Å². The second kappa shape index (κ2) is 8.41. The van der Waals surface area contributed by atoms with Crippen LogP contribution in [-0.2, 0) is 13.0 Å². The summed E-state index contributed by atoms with van der Waals surface area (Å²) in [5.74, 6) is 0.706. The molecule has 162 valence electrons. The molecule has 32 heavy (non-hydrogen) atoms. The lowest BCUT2D eigenvalue weighted by atomic mass is 9.98. The average Bonchev–Trinajstić information content (AvgIpc) is 3.12. The van der Waals surface area contributed by atoms with Crippen molar-refractivity contribution >= 4 is 23.5 Å². The number of benzene rings is 3. The number of Topliss-reactive ketones (excluding diaryl/α,β-unsaturated/α-hetero) is 1. The molecule has 0 radical (unpaired) electrons. The number of carbonyl (C=O) groups is 1. The fraction of sp³-hybridized carbons (Fsp3) is 0.192. The zero-order valence-corrected chi connectivity index (χ0v) is 18.3. The van der Waals surface area contributed by atoms with E-state index in [-0.39, 0.29) is 11.5 Å².